The van der Waals surface area contributed by atoms with Crippen molar-refractivity contribution in [2.45, 2.75) is 50.6 Å². The zero-order valence-electron chi connectivity index (χ0n) is 21.9. The minimum Gasteiger partial charge on any atom is -0.352 e. The molecule has 2 unspecified atom stereocenters. The largest absolute Gasteiger partial charge is 0.352 e. The Bertz CT molecular complexity index is 1320. The molecule has 38 heavy (non-hydrogen) atoms. The fraction of sp³-hybridized carbons (Fsp3) is 0.310. The molecule has 0 aromatic heterocycles. The summed E-state index contributed by atoms with van der Waals surface area (Å²) in [7, 11) is -4.07. The number of benzene rings is 3. The fourth-order valence-electron chi connectivity index (χ4n) is 3.92. The van der Waals surface area contributed by atoms with E-state index in [2.05, 4.69) is 21.2 Å². The number of rotatable bonds is 12. The van der Waals surface area contributed by atoms with Crippen molar-refractivity contribution in [2.75, 3.05) is 17.4 Å². The van der Waals surface area contributed by atoms with Gasteiger partial charge in [0.05, 0.1) is 10.6 Å². The molecule has 3 rings (SSSR count). The van der Waals surface area contributed by atoms with Crippen LogP contribution in [0.25, 0.3) is 0 Å². The molecule has 0 spiro atoms. The Morgan fingerprint density at radius 1 is 0.921 bits per heavy atom. The number of hydrogen-bond donors (Lipinski definition) is 1. The highest BCUT2D eigenvalue weighted by atomic mass is 79.9. The Morgan fingerprint density at radius 2 is 1.55 bits per heavy atom. The van der Waals surface area contributed by atoms with Crippen LogP contribution in [0, 0.1) is 0 Å². The van der Waals surface area contributed by atoms with Crippen LogP contribution in [-0.4, -0.2) is 50.3 Å². The number of nitrogens with one attached hydrogen (secondary N) is 1. The summed E-state index contributed by atoms with van der Waals surface area (Å²) in [6, 6.07) is 23.6. The SMILES string of the molecule is CCC(C)NC(=O)C(C)N(CCc1ccccc1)C(=O)CN(c1cccc(Br)c1)S(=O)(=O)c1ccccc1. The number of nitrogens with zero attached hydrogens (tertiary/aromatic N) is 2. The monoisotopic (exact) mass is 599 g/mol. The molecule has 2 atom stereocenters. The van der Waals surface area contributed by atoms with Gasteiger partial charge in [0.2, 0.25) is 11.8 Å². The first-order chi connectivity index (χ1) is 18.1. The van der Waals surface area contributed by atoms with E-state index in [9.17, 15) is 18.0 Å². The number of amides is 2. The maximum atomic E-state index is 13.8. The van der Waals surface area contributed by atoms with E-state index in [-0.39, 0.29) is 23.4 Å². The molecule has 202 valence electrons. The Labute approximate surface area is 234 Å². The van der Waals surface area contributed by atoms with Crippen LogP contribution in [0.15, 0.2) is 94.3 Å². The van der Waals surface area contributed by atoms with Crippen molar-refractivity contribution in [1.29, 1.82) is 0 Å². The van der Waals surface area contributed by atoms with Crippen LogP contribution in [-0.2, 0) is 26.0 Å². The minimum absolute atomic E-state index is 0.0485. The topological polar surface area (TPSA) is 86.8 Å². The van der Waals surface area contributed by atoms with Gasteiger partial charge in [-0.15, -0.1) is 0 Å². The molecule has 0 heterocycles. The number of carbonyl (C=O) groups excluding carboxylic acids is 2. The second kappa shape index (κ2) is 13.6. The summed E-state index contributed by atoms with van der Waals surface area (Å²) >= 11 is 3.40. The van der Waals surface area contributed by atoms with Gasteiger partial charge in [0.25, 0.3) is 10.0 Å². The fourth-order valence-corrected chi connectivity index (χ4v) is 5.73. The van der Waals surface area contributed by atoms with E-state index < -0.39 is 28.5 Å². The first kappa shape index (κ1) is 29.4. The first-order valence-electron chi connectivity index (χ1n) is 12.6. The zero-order valence-corrected chi connectivity index (χ0v) is 24.3. The third-order valence-corrected chi connectivity index (χ3v) is 8.64. The van der Waals surface area contributed by atoms with Crippen molar-refractivity contribution < 1.29 is 18.0 Å². The lowest BCUT2D eigenvalue weighted by molar-refractivity contribution is -0.139. The van der Waals surface area contributed by atoms with Crippen LogP contribution in [0.4, 0.5) is 5.69 Å². The van der Waals surface area contributed by atoms with Crippen LogP contribution in [0.5, 0.6) is 0 Å². The van der Waals surface area contributed by atoms with Gasteiger partial charge < -0.3 is 10.2 Å². The minimum atomic E-state index is -4.07. The van der Waals surface area contributed by atoms with E-state index in [1.165, 1.54) is 17.0 Å². The summed E-state index contributed by atoms with van der Waals surface area (Å²) in [6.07, 6.45) is 1.28. The number of sulfonamides is 1. The third-order valence-electron chi connectivity index (χ3n) is 6.36. The van der Waals surface area contributed by atoms with Crippen LogP contribution in [0.1, 0.15) is 32.8 Å². The number of anilines is 1. The molecule has 3 aromatic carbocycles. The van der Waals surface area contributed by atoms with Crippen LogP contribution in [0.3, 0.4) is 0 Å². The molecule has 0 saturated carbocycles. The molecule has 2 amide bonds. The Kier molecular flexibility index (Phi) is 10.5. The summed E-state index contributed by atoms with van der Waals surface area (Å²) in [4.78, 5) is 28.4. The van der Waals surface area contributed by atoms with Gasteiger partial charge in [-0.2, -0.15) is 0 Å². The van der Waals surface area contributed by atoms with Crippen molar-refractivity contribution in [3.63, 3.8) is 0 Å². The summed E-state index contributed by atoms with van der Waals surface area (Å²) in [5.74, 6) is -0.743. The summed E-state index contributed by atoms with van der Waals surface area (Å²) in [5.41, 5.74) is 1.36. The molecule has 3 aromatic rings. The summed E-state index contributed by atoms with van der Waals surface area (Å²) in [6.45, 7) is 5.36. The smallest absolute Gasteiger partial charge is 0.264 e. The van der Waals surface area contributed by atoms with E-state index in [1.54, 1.807) is 49.4 Å². The predicted molar refractivity (Wildman–Crippen MR) is 154 cm³/mol. The third kappa shape index (κ3) is 7.68. The molecule has 0 saturated heterocycles. The van der Waals surface area contributed by atoms with E-state index >= 15 is 0 Å². The lowest BCUT2D eigenvalue weighted by atomic mass is 10.1. The molecular weight excluding hydrogens is 566 g/mol. The van der Waals surface area contributed by atoms with Gasteiger partial charge in [-0.1, -0.05) is 77.5 Å². The molecule has 0 aliphatic carbocycles. The number of hydrogen-bond acceptors (Lipinski definition) is 4. The van der Waals surface area contributed by atoms with Gasteiger partial charge in [0, 0.05) is 17.1 Å². The van der Waals surface area contributed by atoms with E-state index in [0.29, 0.717) is 16.6 Å². The maximum absolute atomic E-state index is 13.8. The molecule has 1 N–H and O–H groups in total. The van der Waals surface area contributed by atoms with Gasteiger partial charge in [-0.05, 0) is 62.6 Å². The van der Waals surface area contributed by atoms with Crippen molar-refractivity contribution in [3.8, 4) is 0 Å². The molecule has 0 aliphatic heterocycles. The van der Waals surface area contributed by atoms with Crippen molar-refractivity contribution in [2.24, 2.45) is 0 Å². The van der Waals surface area contributed by atoms with Gasteiger partial charge in [-0.3, -0.25) is 13.9 Å². The van der Waals surface area contributed by atoms with E-state index in [0.717, 1.165) is 16.3 Å². The Morgan fingerprint density at radius 3 is 2.16 bits per heavy atom. The van der Waals surface area contributed by atoms with Gasteiger partial charge in [0.15, 0.2) is 0 Å². The van der Waals surface area contributed by atoms with Gasteiger partial charge >= 0.3 is 0 Å². The van der Waals surface area contributed by atoms with Gasteiger partial charge in [-0.25, -0.2) is 8.42 Å². The molecule has 7 nitrogen and oxygen atoms in total. The Hall–Kier alpha value is -3.17. The molecule has 0 bridgehead atoms. The average molecular weight is 601 g/mol. The second-order valence-corrected chi connectivity index (χ2v) is 11.9. The molecule has 0 fully saturated rings. The molecular formula is C29H34BrN3O4S. The molecule has 9 heteroatoms. The number of carbonyl (C=O) groups is 2. The lowest BCUT2D eigenvalue weighted by Gasteiger charge is -2.32. The quantitative estimate of drug-likeness (QED) is 0.317. The van der Waals surface area contributed by atoms with E-state index in [1.807, 2.05) is 44.2 Å². The number of halogens is 1. The Balaban J connectivity index is 1.96. The lowest BCUT2D eigenvalue weighted by Crippen LogP contribution is -2.53. The first-order valence-corrected chi connectivity index (χ1v) is 14.8. The van der Waals surface area contributed by atoms with Gasteiger partial charge in [0.1, 0.15) is 12.6 Å². The molecule has 0 aliphatic rings. The van der Waals surface area contributed by atoms with Crippen LogP contribution >= 0.6 is 15.9 Å². The normalized spacial score (nSPS) is 12.8. The summed E-state index contributed by atoms with van der Waals surface area (Å²) in [5, 5.41) is 2.94. The standard InChI is InChI=1S/C29H34BrN3O4S/c1-4-22(2)31-29(35)23(3)32(19-18-24-12-7-5-8-13-24)28(34)21-33(26-15-11-14-25(30)20-26)38(36,37)27-16-9-6-10-17-27/h5-17,20,22-23H,4,18-19,21H2,1-3H3,(H,31,35). The average Bonchev–Trinajstić information content (AvgIpc) is 2.92. The van der Waals surface area contributed by atoms with Crippen molar-refractivity contribution in [1.82, 2.24) is 10.2 Å². The highest BCUT2D eigenvalue weighted by molar-refractivity contribution is 9.10. The van der Waals surface area contributed by atoms with Crippen LogP contribution in [0.2, 0.25) is 0 Å². The predicted octanol–water partition coefficient (Wildman–Crippen LogP) is 5.02. The zero-order chi connectivity index (χ0) is 27.7. The highest BCUT2D eigenvalue weighted by Gasteiger charge is 2.32. The molecule has 0 radical (unpaired) electrons. The summed E-state index contributed by atoms with van der Waals surface area (Å²) < 4.78 is 29.2. The van der Waals surface area contributed by atoms with Crippen molar-refractivity contribution >= 4 is 43.5 Å². The van der Waals surface area contributed by atoms with Crippen LogP contribution < -0.4 is 9.62 Å². The van der Waals surface area contributed by atoms with Crippen molar-refractivity contribution in [3.05, 3.63) is 95.0 Å². The second-order valence-electron chi connectivity index (χ2n) is 9.12. The van der Waals surface area contributed by atoms with E-state index in [4.69, 9.17) is 0 Å². The highest BCUT2D eigenvalue weighted by Crippen LogP contribution is 2.26. The maximum Gasteiger partial charge on any atom is 0.264 e.